The summed E-state index contributed by atoms with van der Waals surface area (Å²) in [5.41, 5.74) is 3.32. The molecule has 0 aliphatic carbocycles. The molecule has 0 bridgehead atoms. The molecular weight excluding hydrogens is 460 g/mol. The first kappa shape index (κ1) is 24.6. The van der Waals surface area contributed by atoms with Crippen molar-refractivity contribution in [2.24, 2.45) is 0 Å². The number of hydrogen-bond acceptors (Lipinski definition) is 4. The molecule has 33 heavy (non-hydrogen) atoms. The number of nitrogens with one attached hydrogen (secondary N) is 1. The Bertz CT molecular complexity index is 1230. The molecule has 0 aliphatic rings. The van der Waals surface area contributed by atoms with Gasteiger partial charge in [0.2, 0.25) is 5.91 Å². The van der Waals surface area contributed by atoms with Gasteiger partial charge < -0.3 is 10.1 Å². The second kappa shape index (κ2) is 10.7. The summed E-state index contributed by atoms with van der Waals surface area (Å²) in [5, 5.41) is 2.96. The summed E-state index contributed by atoms with van der Waals surface area (Å²) in [6.45, 7) is 5.91. The molecule has 0 radical (unpaired) electrons. The number of carbonyl (C=O) groups is 1. The number of sulfonamides is 1. The molecule has 3 aromatic rings. The van der Waals surface area contributed by atoms with Crippen LogP contribution in [0.1, 0.15) is 16.7 Å². The Kier molecular flexibility index (Phi) is 8.00. The maximum atomic E-state index is 13.4. The van der Waals surface area contributed by atoms with E-state index in [1.54, 1.807) is 36.4 Å². The highest BCUT2D eigenvalue weighted by molar-refractivity contribution is 7.92. The highest BCUT2D eigenvalue weighted by atomic mass is 35.5. The molecule has 6 nitrogen and oxygen atoms in total. The summed E-state index contributed by atoms with van der Waals surface area (Å²) in [7, 11) is -4.01. The Labute approximate surface area is 200 Å². The van der Waals surface area contributed by atoms with E-state index in [1.807, 2.05) is 39.0 Å². The quantitative estimate of drug-likeness (QED) is 0.446. The van der Waals surface area contributed by atoms with Crippen molar-refractivity contribution >= 4 is 33.2 Å². The van der Waals surface area contributed by atoms with Gasteiger partial charge in [0.15, 0.2) is 0 Å². The van der Waals surface area contributed by atoms with Crippen LogP contribution in [-0.4, -0.2) is 34.0 Å². The molecule has 3 rings (SSSR count). The molecule has 1 amide bonds. The topological polar surface area (TPSA) is 75.7 Å². The van der Waals surface area contributed by atoms with Crippen LogP contribution in [0.4, 0.5) is 5.69 Å². The van der Waals surface area contributed by atoms with E-state index >= 15 is 0 Å². The Morgan fingerprint density at radius 1 is 0.970 bits per heavy atom. The number of halogens is 1. The Hall–Kier alpha value is -3.03. The van der Waals surface area contributed by atoms with Crippen molar-refractivity contribution in [1.82, 2.24) is 5.32 Å². The van der Waals surface area contributed by atoms with Crippen molar-refractivity contribution in [1.29, 1.82) is 0 Å². The van der Waals surface area contributed by atoms with E-state index in [-0.39, 0.29) is 28.8 Å². The largest absolute Gasteiger partial charge is 0.491 e. The van der Waals surface area contributed by atoms with Crippen molar-refractivity contribution in [3.8, 4) is 5.75 Å². The lowest BCUT2D eigenvalue weighted by Gasteiger charge is -2.25. The minimum atomic E-state index is -4.01. The van der Waals surface area contributed by atoms with Crippen LogP contribution in [0, 0.1) is 20.8 Å². The third-order valence-electron chi connectivity index (χ3n) is 5.03. The average Bonchev–Trinajstić information content (AvgIpc) is 2.77. The number of para-hydroxylation sites is 1. The first-order valence-corrected chi connectivity index (χ1v) is 12.3. The summed E-state index contributed by atoms with van der Waals surface area (Å²) in [5.74, 6) is 0.282. The molecule has 0 heterocycles. The van der Waals surface area contributed by atoms with Gasteiger partial charge in [-0.3, -0.25) is 9.10 Å². The zero-order valence-electron chi connectivity index (χ0n) is 18.8. The Balaban J connectivity index is 1.71. The molecule has 0 saturated carbocycles. The molecule has 0 unspecified atom stereocenters. The molecule has 3 aromatic carbocycles. The van der Waals surface area contributed by atoms with Gasteiger partial charge in [-0.05, 0) is 56.7 Å². The van der Waals surface area contributed by atoms with Crippen LogP contribution in [0.2, 0.25) is 5.02 Å². The first-order valence-electron chi connectivity index (χ1n) is 10.5. The number of ether oxygens (including phenoxy) is 1. The van der Waals surface area contributed by atoms with E-state index < -0.39 is 22.5 Å². The molecule has 0 saturated heterocycles. The zero-order chi connectivity index (χ0) is 24.0. The van der Waals surface area contributed by atoms with Crippen LogP contribution < -0.4 is 14.4 Å². The maximum absolute atomic E-state index is 13.4. The van der Waals surface area contributed by atoms with Crippen LogP contribution in [0.3, 0.4) is 0 Å². The molecule has 0 spiro atoms. The number of carbonyl (C=O) groups excluding carboxylic acids is 1. The first-order chi connectivity index (χ1) is 15.7. The van der Waals surface area contributed by atoms with Crippen LogP contribution in [0.15, 0.2) is 71.6 Å². The van der Waals surface area contributed by atoms with Crippen molar-refractivity contribution in [3.63, 3.8) is 0 Å². The second-order valence-corrected chi connectivity index (χ2v) is 10.0. The van der Waals surface area contributed by atoms with Gasteiger partial charge in [0.25, 0.3) is 10.0 Å². The molecular formula is C25H27ClN2O4S. The Morgan fingerprint density at radius 2 is 1.64 bits per heavy atom. The number of nitrogens with zero attached hydrogens (tertiary/aromatic N) is 1. The molecule has 0 aliphatic heterocycles. The van der Waals surface area contributed by atoms with Crippen LogP contribution >= 0.6 is 11.6 Å². The lowest BCUT2D eigenvalue weighted by atomic mass is 10.1. The van der Waals surface area contributed by atoms with Crippen LogP contribution in [-0.2, 0) is 14.8 Å². The Morgan fingerprint density at radius 3 is 2.30 bits per heavy atom. The van der Waals surface area contributed by atoms with E-state index in [0.717, 1.165) is 26.7 Å². The van der Waals surface area contributed by atoms with Crippen molar-refractivity contribution in [2.75, 3.05) is 24.0 Å². The van der Waals surface area contributed by atoms with Gasteiger partial charge in [0, 0.05) is 0 Å². The van der Waals surface area contributed by atoms with Gasteiger partial charge in [-0.15, -0.1) is 0 Å². The fraction of sp³-hybridized carbons (Fsp3) is 0.240. The number of hydrogen-bond donors (Lipinski definition) is 1. The smallest absolute Gasteiger partial charge is 0.264 e. The average molecular weight is 487 g/mol. The third-order valence-corrected chi connectivity index (χ3v) is 7.12. The van der Waals surface area contributed by atoms with Crippen molar-refractivity contribution in [3.05, 3.63) is 88.4 Å². The van der Waals surface area contributed by atoms with Crippen molar-refractivity contribution < 1.29 is 17.9 Å². The van der Waals surface area contributed by atoms with Gasteiger partial charge in [0.05, 0.1) is 22.2 Å². The standard InChI is InChI=1S/C25H27ClN2O4S/c1-18-8-11-21(12-9-18)33(30,31)28(23-7-5-4-6-22(23)26)17-25(29)27-14-15-32-24-13-10-19(2)16-20(24)3/h4-13,16H,14-15,17H2,1-3H3,(H,27,29). The maximum Gasteiger partial charge on any atom is 0.264 e. The lowest BCUT2D eigenvalue weighted by Crippen LogP contribution is -2.42. The van der Waals surface area contributed by atoms with Crippen molar-refractivity contribution in [2.45, 2.75) is 25.7 Å². The lowest BCUT2D eigenvalue weighted by molar-refractivity contribution is -0.119. The monoisotopic (exact) mass is 486 g/mol. The van der Waals surface area contributed by atoms with Crippen LogP contribution in [0.25, 0.3) is 0 Å². The van der Waals surface area contributed by atoms with E-state index in [0.29, 0.717) is 0 Å². The minimum absolute atomic E-state index is 0.0824. The molecule has 8 heteroatoms. The third kappa shape index (κ3) is 6.27. The number of benzene rings is 3. The number of rotatable bonds is 9. The van der Waals surface area contributed by atoms with E-state index in [9.17, 15) is 13.2 Å². The predicted molar refractivity (Wildman–Crippen MR) is 132 cm³/mol. The summed E-state index contributed by atoms with van der Waals surface area (Å²) in [4.78, 5) is 12.8. The summed E-state index contributed by atoms with van der Waals surface area (Å²) < 4.78 is 33.5. The SMILES string of the molecule is Cc1ccc(S(=O)(=O)N(CC(=O)NCCOc2ccc(C)cc2C)c2ccccc2Cl)cc1. The summed E-state index contributed by atoms with van der Waals surface area (Å²) in [6.07, 6.45) is 0. The highest BCUT2D eigenvalue weighted by Gasteiger charge is 2.28. The summed E-state index contributed by atoms with van der Waals surface area (Å²) in [6, 6.07) is 18.9. The van der Waals surface area contributed by atoms with Gasteiger partial charge in [-0.2, -0.15) is 0 Å². The number of aryl methyl sites for hydroxylation is 3. The predicted octanol–water partition coefficient (Wildman–Crippen LogP) is 4.66. The normalized spacial score (nSPS) is 11.2. The van der Waals surface area contributed by atoms with Gasteiger partial charge in [-0.1, -0.05) is 59.1 Å². The molecule has 0 aromatic heterocycles. The van der Waals surface area contributed by atoms with E-state index in [1.165, 1.54) is 12.1 Å². The van der Waals surface area contributed by atoms with Gasteiger partial charge >= 0.3 is 0 Å². The fourth-order valence-corrected chi connectivity index (χ4v) is 5.02. The second-order valence-electron chi connectivity index (χ2n) is 7.74. The molecule has 0 atom stereocenters. The molecule has 1 N–H and O–H groups in total. The zero-order valence-corrected chi connectivity index (χ0v) is 20.4. The number of amides is 1. The van der Waals surface area contributed by atoms with Gasteiger partial charge in [0.1, 0.15) is 18.9 Å². The number of anilines is 1. The van der Waals surface area contributed by atoms with Gasteiger partial charge in [-0.25, -0.2) is 8.42 Å². The minimum Gasteiger partial charge on any atom is -0.491 e. The van der Waals surface area contributed by atoms with Crippen LogP contribution in [0.5, 0.6) is 5.75 Å². The van der Waals surface area contributed by atoms with E-state index in [4.69, 9.17) is 16.3 Å². The fourth-order valence-electron chi connectivity index (χ4n) is 3.29. The highest BCUT2D eigenvalue weighted by Crippen LogP contribution is 2.30. The summed E-state index contributed by atoms with van der Waals surface area (Å²) >= 11 is 6.28. The molecule has 174 valence electrons. The molecule has 0 fully saturated rings. The van der Waals surface area contributed by atoms with E-state index in [2.05, 4.69) is 5.32 Å².